The largest absolute Gasteiger partial charge is 0.338 e. The highest BCUT2D eigenvalue weighted by atomic mass is 35.5. The van der Waals surface area contributed by atoms with E-state index in [9.17, 15) is 9.59 Å². The zero-order valence-corrected chi connectivity index (χ0v) is 15.5. The van der Waals surface area contributed by atoms with Crippen molar-refractivity contribution in [3.05, 3.63) is 64.9 Å². The van der Waals surface area contributed by atoms with Gasteiger partial charge in [0.05, 0.1) is 6.04 Å². The number of amides is 2. The normalized spacial score (nSPS) is 21.3. The number of carbonyl (C=O) groups is 2. The van der Waals surface area contributed by atoms with Crippen LogP contribution in [0.5, 0.6) is 0 Å². The summed E-state index contributed by atoms with van der Waals surface area (Å²) in [4.78, 5) is 30.7. The van der Waals surface area contributed by atoms with Crippen molar-refractivity contribution in [3.8, 4) is 0 Å². The Bertz CT molecular complexity index is 850. The first-order valence-electron chi connectivity index (χ1n) is 9.04. The van der Waals surface area contributed by atoms with Gasteiger partial charge in [-0.3, -0.25) is 14.9 Å². The molecule has 2 saturated heterocycles. The fourth-order valence-electron chi connectivity index (χ4n) is 3.75. The molecule has 1 radical (unpaired) electrons. The maximum atomic E-state index is 12.6. The van der Waals surface area contributed by atoms with Gasteiger partial charge in [-0.25, -0.2) is 10.3 Å². The van der Waals surface area contributed by atoms with E-state index >= 15 is 0 Å². The highest BCUT2D eigenvalue weighted by molar-refractivity contribution is 6.29. The third kappa shape index (κ3) is 3.82. The van der Waals surface area contributed by atoms with Crippen LogP contribution in [0, 0.1) is 0 Å². The minimum atomic E-state index is -0.552. The van der Waals surface area contributed by atoms with E-state index in [1.54, 1.807) is 17.0 Å². The Morgan fingerprint density at radius 3 is 2.67 bits per heavy atom. The Labute approximate surface area is 162 Å². The van der Waals surface area contributed by atoms with Crippen LogP contribution in [-0.4, -0.2) is 46.5 Å². The summed E-state index contributed by atoms with van der Waals surface area (Å²) in [6.45, 7) is 1.08. The molecule has 6 nitrogen and oxygen atoms in total. The fraction of sp³-hybridized carbons (Fsp3) is 0.350. The lowest BCUT2D eigenvalue weighted by atomic mass is 9.96. The van der Waals surface area contributed by atoms with Gasteiger partial charge < -0.3 is 4.90 Å². The highest BCUT2D eigenvalue weighted by Crippen LogP contribution is 2.27. The first kappa shape index (κ1) is 17.9. The summed E-state index contributed by atoms with van der Waals surface area (Å²) in [5.41, 5.74) is 1.08. The van der Waals surface area contributed by atoms with Crippen LogP contribution in [0.3, 0.4) is 0 Å². The first-order valence-corrected chi connectivity index (χ1v) is 9.42. The molecule has 7 heteroatoms. The molecule has 0 saturated carbocycles. The number of halogens is 1. The van der Waals surface area contributed by atoms with Gasteiger partial charge in [0.1, 0.15) is 10.8 Å². The number of hydrogen-bond acceptors (Lipinski definition) is 4. The van der Waals surface area contributed by atoms with Crippen LogP contribution in [0.25, 0.3) is 0 Å². The number of pyridine rings is 1. The van der Waals surface area contributed by atoms with E-state index in [0.717, 1.165) is 5.56 Å². The van der Waals surface area contributed by atoms with Gasteiger partial charge in [0, 0.05) is 37.7 Å². The van der Waals surface area contributed by atoms with Crippen molar-refractivity contribution in [1.29, 1.82) is 0 Å². The molecule has 4 rings (SSSR count). The van der Waals surface area contributed by atoms with Crippen LogP contribution < -0.4 is 10.6 Å². The number of aromatic nitrogens is 1. The van der Waals surface area contributed by atoms with Crippen molar-refractivity contribution >= 4 is 23.4 Å². The van der Waals surface area contributed by atoms with Gasteiger partial charge in [0.25, 0.3) is 11.8 Å². The number of nitrogens with one attached hydrogen (secondary N) is 1. The van der Waals surface area contributed by atoms with Crippen LogP contribution >= 0.6 is 11.6 Å². The summed E-state index contributed by atoms with van der Waals surface area (Å²) in [6.07, 6.45) is 3.40. The van der Waals surface area contributed by atoms with E-state index in [-0.39, 0.29) is 17.9 Å². The Hall–Kier alpha value is -2.44. The summed E-state index contributed by atoms with van der Waals surface area (Å²) in [5, 5.41) is 8.15. The molecule has 1 N–H and O–H groups in total. The molecule has 2 aliphatic heterocycles. The van der Waals surface area contributed by atoms with Crippen molar-refractivity contribution in [1.82, 2.24) is 20.5 Å². The molecule has 1 aromatic heterocycles. The van der Waals surface area contributed by atoms with Gasteiger partial charge in [-0.15, -0.1) is 0 Å². The zero-order valence-electron chi connectivity index (χ0n) is 14.8. The number of likely N-dealkylation sites (tertiary alicyclic amines) is 1. The second kappa shape index (κ2) is 7.29. The third-order valence-electron chi connectivity index (χ3n) is 5.20. The Kier molecular flexibility index (Phi) is 4.85. The van der Waals surface area contributed by atoms with Crippen LogP contribution in [0.15, 0.2) is 48.7 Å². The lowest BCUT2D eigenvalue weighted by molar-refractivity contribution is -0.121. The zero-order chi connectivity index (χ0) is 18.9. The van der Waals surface area contributed by atoms with Crippen molar-refractivity contribution in [3.63, 3.8) is 0 Å². The van der Waals surface area contributed by atoms with Crippen molar-refractivity contribution in [2.24, 2.45) is 0 Å². The topological polar surface area (TPSA) is 76.4 Å². The highest BCUT2D eigenvalue weighted by Gasteiger charge is 2.47. The minimum absolute atomic E-state index is 0.0701. The summed E-state index contributed by atoms with van der Waals surface area (Å²) in [7, 11) is 0. The molecule has 3 heterocycles. The Morgan fingerprint density at radius 1 is 1.22 bits per heavy atom. The lowest BCUT2D eigenvalue weighted by Gasteiger charge is -2.38. The van der Waals surface area contributed by atoms with Crippen LogP contribution in [0.4, 0.5) is 0 Å². The quantitative estimate of drug-likeness (QED) is 0.822. The summed E-state index contributed by atoms with van der Waals surface area (Å²) in [5.74, 6) is -0.168. The molecule has 27 heavy (non-hydrogen) atoms. The molecule has 1 atom stereocenters. The van der Waals surface area contributed by atoms with Gasteiger partial charge in [0.15, 0.2) is 0 Å². The van der Waals surface area contributed by atoms with Crippen LogP contribution in [-0.2, 0) is 11.2 Å². The number of carbonyl (C=O) groups excluding carboxylic acids is 2. The third-order valence-corrected chi connectivity index (χ3v) is 5.41. The van der Waals surface area contributed by atoms with E-state index in [4.69, 9.17) is 11.6 Å². The summed E-state index contributed by atoms with van der Waals surface area (Å²) >= 11 is 5.88. The minimum Gasteiger partial charge on any atom is -0.338 e. The van der Waals surface area contributed by atoms with E-state index in [1.807, 2.05) is 30.3 Å². The van der Waals surface area contributed by atoms with Crippen LogP contribution in [0.2, 0.25) is 5.15 Å². The maximum absolute atomic E-state index is 12.6. The molecular formula is C20H20ClN4O2. The number of hydrogen-bond donors (Lipinski definition) is 1. The molecule has 1 spiro atoms. The van der Waals surface area contributed by atoms with Gasteiger partial charge in [-0.1, -0.05) is 41.9 Å². The van der Waals surface area contributed by atoms with Crippen molar-refractivity contribution < 1.29 is 9.59 Å². The molecule has 1 unspecified atom stereocenters. The van der Waals surface area contributed by atoms with Gasteiger partial charge >= 0.3 is 0 Å². The maximum Gasteiger partial charge on any atom is 0.260 e. The Balaban J connectivity index is 1.38. The molecule has 2 amide bonds. The smallest absolute Gasteiger partial charge is 0.260 e. The molecule has 0 bridgehead atoms. The standard InChI is InChI=1S/C20H20ClN4O2/c21-17-13-15(6-9-22-17)19(27)25-10-7-20(8-11-25)23-16(18(26)24-20)12-14-4-2-1-3-5-14/h1-6,9,13,16,23H,7-8,10-12H2. The molecule has 2 fully saturated rings. The molecular weight excluding hydrogens is 364 g/mol. The molecule has 0 aliphatic carbocycles. The predicted molar refractivity (Wildman–Crippen MR) is 101 cm³/mol. The van der Waals surface area contributed by atoms with Gasteiger partial charge in [0.2, 0.25) is 0 Å². The monoisotopic (exact) mass is 383 g/mol. The van der Waals surface area contributed by atoms with Gasteiger partial charge in [-0.05, 0) is 24.1 Å². The molecule has 1 aromatic carbocycles. The molecule has 2 aliphatic rings. The fourth-order valence-corrected chi connectivity index (χ4v) is 3.92. The number of nitrogens with zero attached hydrogens (tertiary/aromatic N) is 3. The van der Waals surface area contributed by atoms with Crippen LogP contribution in [0.1, 0.15) is 28.8 Å². The van der Waals surface area contributed by atoms with E-state index in [0.29, 0.717) is 43.1 Å². The van der Waals surface area contributed by atoms with E-state index in [1.165, 1.54) is 6.20 Å². The second-order valence-electron chi connectivity index (χ2n) is 7.03. The molecule has 139 valence electrons. The first-order chi connectivity index (χ1) is 13.0. The number of piperidine rings is 1. The van der Waals surface area contributed by atoms with Crippen molar-refractivity contribution in [2.75, 3.05) is 13.1 Å². The van der Waals surface area contributed by atoms with Gasteiger partial charge in [-0.2, -0.15) is 0 Å². The number of benzene rings is 1. The average molecular weight is 384 g/mol. The Morgan fingerprint density at radius 2 is 1.96 bits per heavy atom. The number of rotatable bonds is 3. The van der Waals surface area contributed by atoms with E-state index in [2.05, 4.69) is 15.6 Å². The second-order valence-corrected chi connectivity index (χ2v) is 7.41. The lowest BCUT2D eigenvalue weighted by Crippen LogP contribution is -2.56. The SMILES string of the molecule is O=C1[N]C2(CCN(C(=O)c3ccnc(Cl)c3)CC2)NC1Cc1ccccc1. The summed E-state index contributed by atoms with van der Waals surface area (Å²) in [6, 6.07) is 12.9. The molecule has 2 aromatic rings. The van der Waals surface area contributed by atoms with Crippen molar-refractivity contribution in [2.45, 2.75) is 31.0 Å². The van der Waals surface area contributed by atoms with E-state index < -0.39 is 5.66 Å². The predicted octanol–water partition coefficient (Wildman–Crippen LogP) is 2.01. The average Bonchev–Trinajstić information content (AvgIpc) is 2.97. The summed E-state index contributed by atoms with van der Waals surface area (Å²) < 4.78 is 0.